The molecule has 0 bridgehead atoms. The Bertz CT molecular complexity index is 645. The van der Waals surface area contributed by atoms with Crippen LogP contribution < -0.4 is 4.72 Å². The Balaban J connectivity index is 2.16. The number of hydrogen-bond donors (Lipinski definition) is 1. The summed E-state index contributed by atoms with van der Waals surface area (Å²) < 4.78 is 26.3. The SMILES string of the molecule is O=C1CCC(NS(=O)(=O)c2cc([N+](=O)[O-])c(Cl)s2)CC1. The third-order valence-electron chi connectivity index (χ3n) is 2.97. The minimum absolute atomic E-state index is 0.121. The normalized spacial score (nSPS) is 17.4. The molecule has 0 saturated heterocycles. The molecule has 0 spiro atoms. The van der Waals surface area contributed by atoms with Gasteiger partial charge in [-0.05, 0) is 12.8 Å². The van der Waals surface area contributed by atoms with Gasteiger partial charge in [-0.25, -0.2) is 13.1 Å². The molecule has 1 N–H and O–H groups in total. The topological polar surface area (TPSA) is 106 Å². The summed E-state index contributed by atoms with van der Waals surface area (Å²) >= 11 is 6.29. The second-order valence-corrected chi connectivity index (χ2v) is 8.01. The number of carbonyl (C=O) groups is 1. The minimum atomic E-state index is -3.84. The molecule has 20 heavy (non-hydrogen) atoms. The zero-order valence-corrected chi connectivity index (χ0v) is 12.6. The van der Waals surface area contributed by atoms with E-state index in [1.807, 2.05) is 0 Å². The van der Waals surface area contributed by atoms with Crippen LogP contribution in [0.2, 0.25) is 4.34 Å². The van der Waals surface area contributed by atoms with Gasteiger partial charge in [-0.2, -0.15) is 0 Å². The van der Waals surface area contributed by atoms with Crippen molar-refractivity contribution >= 4 is 44.4 Å². The van der Waals surface area contributed by atoms with Gasteiger partial charge in [0, 0.05) is 24.9 Å². The van der Waals surface area contributed by atoms with Crippen LogP contribution in [-0.4, -0.2) is 25.2 Å². The lowest BCUT2D eigenvalue weighted by Gasteiger charge is -2.21. The standard InChI is InChI=1S/C10H11ClN2O5S2/c11-10-8(13(15)16)5-9(19-10)20(17,18)12-6-1-3-7(14)4-2-6/h5-6,12H,1-4H2. The van der Waals surface area contributed by atoms with Gasteiger partial charge < -0.3 is 0 Å². The number of ketones is 1. The first-order chi connectivity index (χ1) is 9.29. The van der Waals surface area contributed by atoms with Gasteiger partial charge in [0.25, 0.3) is 15.7 Å². The van der Waals surface area contributed by atoms with Gasteiger partial charge in [-0.3, -0.25) is 14.9 Å². The number of rotatable bonds is 4. The number of sulfonamides is 1. The Morgan fingerprint density at radius 1 is 1.40 bits per heavy atom. The molecule has 1 heterocycles. The fraction of sp³-hybridized carbons (Fsp3) is 0.500. The second-order valence-electron chi connectivity index (χ2n) is 4.42. The van der Waals surface area contributed by atoms with Crippen molar-refractivity contribution in [1.29, 1.82) is 0 Å². The third-order valence-corrected chi connectivity index (χ3v) is 6.30. The van der Waals surface area contributed by atoms with E-state index in [1.54, 1.807) is 0 Å². The van der Waals surface area contributed by atoms with Crippen LogP contribution >= 0.6 is 22.9 Å². The van der Waals surface area contributed by atoms with Gasteiger partial charge in [0.2, 0.25) is 0 Å². The zero-order valence-electron chi connectivity index (χ0n) is 10.2. The van der Waals surface area contributed by atoms with Crippen molar-refractivity contribution in [3.8, 4) is 0 Å². The summed E-state index contributed by atoms with van der Waals surface area (Å²) in [6.45, 7) is 0. The van der Waals surface area contributed by atoms with Gasteiger partial charge in [0.15, 0.2) is 4.34 Å². The van der Waals surface area contributed by atoms with Crippen molar-refractivity contribution < 1.29 is 18.1 Å². The summed E-state index contributed by atoms with van der Waals surface area (Å²) in [5.41, 5.74) is -0.420. The van der Waals surface area contributed by atoms with Crippen LogP contribution in [0.15, 0.2) is 10.3 Å². The highest BCUT2D eigenvalue weighted by atomic mass is 35.5. The van der Waals surface area contributed by atoms with E-state index in [-0.39, 0.29) is 20.4 Å². The number of nitrogens with zero attached hydrogens (tertiary/aromatic N) is 1. The first kappa shape index (κ1) is 15.4. The maximum absolute atomic E-state index is 12.1. The van der Waals surface area contributed by atoms with Crippen LogP contribution in [0.3, 0.4) is 0 Å². The average Bonchev–Trinajstić information content (AvgIpc) is 2.75. The highest BCUT2D eigenvalue weighted by molar-refractivity contribution is 7.91. The highest BCUT2D eigenvalue weighted by Crippen LogP contribution is 2.36. The predicted octanol–water partition coefficient (Wildman–Crippen LogP) is 2.10. The summed E-state index contributed by atoms with van der Waals surface area (Å²) in [5, 5.41) is 10.7. The third kappa shape index (κ3) is 3.35. The molecule has 0 aromatic carbocycles. The van der Waals surface area contributed by atoms with E-state index in [9.17, 15) is 23.3 Å². The van der Waals surface area contributed by atoms with Crippen LogP contribution in [0.1, 0.15) is 25.7 Å². The molecule has 0 atom stereocenters. The number of carbonyl (C=O) groups excluding carboxylic acids is 1. The van der Waals surface area contributed by atoms with E-state index in [4.69, 9.17) is 11.6 Å². The van der Waals surface area contributed by atoms with E-state index in [0.717, 1.165) is 6.07 Å². The molecule has 1 aliphatic carbocycles. The molecular formula is C10H11ClN2O5S2. The van der Waals surface area contributed by atoms with E-state index < -0.39 is 20.6 Å². The summed E-state index contributed by atoms with van der Waals surface area (Å²) in [5.74, 6) is 0.121. The molecular weight excluding hydrogens is 328 g/mol. The number of Topliss-reactive ketones (excluding diaryl/α,β-unsaturated/α-hetero) is 1. The predicted molar refractivity (Wildman–Crippen MR) is 73.6 cm³/mol. The van der Waals surface area contributed by atoms with Crippen molar-refractivity contribution in [3.05, 3.63) is 20.5 Å². The Morgan fingerprint density at radius 3 is 2.50 bits per heavy atom. The smallest absolute Gasteiger partial charge is 0.300 e. The summed E-state index contributed by atoms with van der Waals surface area (Å²) in [4.78, 5) is 21.0. The fourth-order valence-corrected chi connectivity index (χ4v) is 4.92. The number of nitrogens with one attached hydrogen (secondary N) is 1. The number of hydrogen-bond acceptors (Lipinski definition) is 6. The van der Waals surface area contributed by atoms with Gasteiger partial charge in [-0.15, -0.1) is 11.3 Å². The number of thiophene rings is 1. The molecule has 1 saturated carbocycles. The Hall–Kier alpha value is -1.03. The van der Waals surface area contributed by atoms with E-state index >= 15 is 0 Å². The fourth-order valence-electron chi connectivity index (χ4n) is 1.93. The molecule has 110 valence electrons. The van der Waals surface area contributed by atoms with Gasteiger partial charge >= 0.3 is 0 Å². The molecule has 2 rings (SSSR count). The molecule has 0 unspecified atom stereocenters. The van der Waals surface area contributed by atoms with Crippen LogP contribution in [0.4, 0.5) is 5.69 Å². The molecule has 0 aliphatic heterocycles. The maximum Gasteiger partial charge on any atom is 0.300 e. The Kier molecular flexibility index (Phi) is 4.43. The molecule has 1 fully saturated rings. The molecule has 7 nitrogen and oxygen atoms in total. The lowest BCUT2D eigenvalue weighted by Crippen LogP contribution is -2.37. The van der Waals surface area contributed by atoms with Gasteiger partial charge in [-0.1, -0.05) is 11.6 Å². The van der Waals surface area contributed by atoms with E-state index in [0.29, 0.717) is 37.0 Å². The van der Waals surface area contributed by atoms with Crippen molar-refractivity contribution in [1.82, 2.24) is 4.72 Å². The van der Waals surface area contributed by atoms with E-state index in [2.05, 4.69) is 4.72 Å². The monoisotopic (exact) mass is 338 g/mol. The van der Waals surface area contributed by atoms with E-state index in [1.165, 1.54) is 0 Å². The number of halogens is 1. The average molecular weight is 339 g/mol. The molecule has 10 heteroatoms. The largest absolute Gasteiger partial charge is 0.300 e. The lowest BCUT2D eigenvalue weighted by atomic mass is 9.95. The maximum atomic E-state index is 12.1. The van der Waals surface area contributed by atoms with Crippen LogP contribution in [-0.2, 0) is 14.8 Å². The van der Waals surface area contributed by atoms with Crippen molar-refractivity contribution in [3.63, 3.8) is 0 Å². The van der Waals surface area contributed by atoms with Crippen molar-refractivity contribution in [2.45, 2.75) is 35.9 Å². The van der Waals surface area contributed by atoms with Gasteiger partial charge in [0.1, 0.15) is 9.99 Å². The summed E-state index contributed by atoms with van der Waals surface area (Å²) in [6.07, 6.45) is 1.58. The Morgan fingerprint density at radius 2 is 2.00 bits per heavy atom. The number of nitro groups is 1. The molecule has 1 aromatic heterocycles. The first-order valence-corrected chi connectivity index (χ1v) is 8.45. The van der Waals surface area contributed by atoms with Gasteiger partial charge in [0.05, 0.1) is 4.92 Å². The second kappa shape index (κ2) is 5.76. The summed E-state index contributed by atoms with van der Waals surface area (Å²) in [7, 11) is -3.84. The summed E-state index contributed by atoms with van der Waals surface area (Å²) in [6, 6.07) is 0.626. The Labute approximate surface area is 124 Å². The van der Waals surface area contributed by atoms with Crippen molar-refractivity contribution in [2.75, 3.05) is 0 Å². The first-order valence-electron chi connectivity index (χ1n) is 5.77. The minimum Gasteiger partial charge on any atom is -0.300 e. The van der Waals surface area contributed by atoms with Crippen LogP contribution in [0.25, 0.3) is 0 Å². The van der Waals surface area contributed by atoms with Crippen molar-refractivity contribution in [2.24, 2.45) is 0 Å². The lowest BCUT2D eigenvalue weighted by molar-refractivity contribution is -0.384. The van der Waals surface area contributed by atoms with Crippen LogP contribution in [0.5, 0.6) is 0 Å². The highest BCUT2D eigenvalue weighted by Gasteiger charge is 2.29. The molecule has 0 radical (unpaired) electrons. The quantitative estimate of drug-likeness (QED) is 0.668. The molecule has 0 amide bonds. The van der Waals surface area contributed by atoms with Crippen LogP contribution in [0, 0.1) is 10.1 Å². The zero-order chi connectivity index (χ0) is 14.9. The molecule has 1 aromatic rings. The molecule has 1 aliphatic rings.